The minimum absolute atomic E-state index is 0.282. The number of hydrogen-bond donors (Lipinski definition) is 1. The first kappa shape index (κ1) is 26.7. The fraction of sp³-hybridized carbons (Fsp3) is 0.207. The Morgan fingerprint density at radius 1 is 1.08 bits per heavy atom. The minimum atomic E-state index is -0.394. The van der Waals surface area contributed by atoms with Gasteiger partial charge in [-0.15, -0.1) is 0 Å². The molecule has 2 aromatic carbocycles. The summed E-state index contributed by atoms with van der Waals surface area (Å²) in [6, 6.07) is 21.5. The number of rotatable bonds is 9. The molecule has 200 valence electrons. The molecule has 0 spiro atoms. The first-order chi connectivity index (χ1) is 19.0. The summed E-state index contributed by atoms with van der Waals surface area (Å²) in [6.07, 6.45) is 1.75. The second-order valence-corrected chi connectivity index (χ2v) is 9.52. The molecule has 2 aromatic heterocycles. The summed E-state index contributed by atoms with van der Waals surface area (Å²) in [5.74, 6) is 1.50. The number of ether oxygens (including phenoxy) is 3. The average molecular weight is 564 g/mol. The lowest BCUT2D eigenvalue weighted by atomic mass is 10.0. The van der Waals surface area contributed by atoms with Gasteiger partial charge >= 0.3 is 5.97 Å². The first-order valence-electron chi connectivity index (χ1n) is 12.2. The highest BCUT2D eigenvalue weighted by atomic mass is 35.5. The van der Waals surface area contributed by atoms with E-state index in [9.17, 15) is 4.79 Å². The minimum Gasteiger partial charge on any atom is -0.490 e. The van der Waals surface area contributed by atoms with Crippen LogP contribution < -0.4 is 15.0 Å². The van der Waals surface area contributed by atoms with Crippen LogP contribution in [0.4, 0.5) is 5.69 Å². The van der Waals surface area contributed by atoms with Gasteiger partial charge in [-0.05, 0) is 66.8 Å². The maximum Gasteiger partial charge on any atom is 0.337 e. The monoisotopic (exact) mass is 563 g/mol. The number of methoxy groups -OCH3 is 2. The number of esters is 1. The number of pyridine rings is 1. The Kier molecular flexibility index (Phi) is 8.11. The first-order valence-corrected chi connectivity index (χ1v) is 13.0. The fourth-order valence-electron chi connectivity index (χ4n) is 4.47. The van der Waals surface area contributed by atoms with Gasteiger partial charge in [-0.3, -0.25) is 4.98 Å². The highest BCUT2D eigenvalue weighted by molar-refractivity contribution is 7.80. The van der Waals surface area contributed by atoms with Crippen molar-refractivity contribution in [2.24, 2.45) is 0 Å². The topological polar surface area (TPSA) is 86.1 Å². The van der Waals surface area contributed by atoms with Crippen molar-refractivity contribution >= 4 is 40.6 Å². The molecule has 2 unspecified atom stereocenters. The predicted molar refractivity (Wildman–Crippen MR) is 152 cm³/mol. The third kappa shape index (κ3) is 5.61. The van der Waals surface area contributed by atoms with E-state index < -0.39 is 5.97 Å². The molecule has 0 saturated carbocycles. The number of anilines is 1. The Labute approximate surface area is 236 Å². The zero-order chi connectivity index (χ0) is 27.4. The largest absolute Gasteiger partial charge is 0.490 e. The van der Waals surface area contributed by atoms with E-state index in [1.807, 2.05) is 65.6 Å². The molecular formula is C29H26ClN3O5S. The maximum atomic E-state index is 11.8. The van der Waals surface area contributed by atoms with Crippen molar-refractivity contribution in [3.63, 3.8) is 0 Å². The zero-order valence-electron chi connectivity index (χ0n) is 21.3. The summed E-state index contributed by atoms with van der Waals surface area (Å²) in [5.41, 5.74) is 2.88. The summed E-state index contributed by atoms with van der Waals surface area (Å²) in [6.45, 7) is 0.845. The summed E-state index contributed by atoms with van der Waals surface area (Å²) >= 11 is 12.4. The van der Waals surface area contributed by atoms with E-state index in [-0.39, 0.29) is 12.1 Å². The molecule has 39 heavy (non-hydrogen) atoms. The summed E-state index contributed by atoms with van der Waals surface area (Å²) in [7, 11) is 2.97. The lowest BCUT2D eigenvalue weighted by Crippen LogP contribution is -2.29. The molecule has 1 aliphatic rings. The Hall–Kier alpha value is -3.92. The van der Waals surface area contributed by atoms with Crippen molar-refractivity contribution < 1.29 is 23.4 Å². The number of carbonyl (C=O) groups excluding carboxylic acids is 1. The zero-order valence-corrected chi connectivity index (χ0v) is 22.9. The number of nitrogens with zero attached hydrogens (tertiary/aromatic N) is 2. The van der Waals surface area contributed by atoms with Crippen LogP contribution in [0.25, 0.3) is 11.3 Å². The third-order valence-corrected chi connectivity index (χ3v) is 6.96. The van der Waals surface area contributed by atoms with E-state index >= 15 is 0 Å². The standard InChI is InChI=1S/C29H26ClN3O5S/c1-35-15-16-37-24-11-10-20(17-21(24)30)33-27(26(32-29(33)39)22-5-3-4-14-31-22)25-13-12-23(38-25)18-6-8-19(9-7-18)28(34)36-2/h3-14,17,26-27H,15-16H2,1-2H3,(H,32,39). The van der Waals surface area contributed by atoms with E-state index in [1.54, 1.807) is 25.4 Å². The number of carbonyl (C=O) groups is 1. The van der Waals surface area contributed by atoms with Crippen LogP contribution in [-0.4, -0.2) is 43.5 Å². The van der Waals surface area contributed by atoms with Gasteiger partial charge in [0.2, 0.25) is 0 Å². The van der Waals surface area contributed by atoms with Crippen molar-refractivity contribution in [2.45, 2.75) is 12.1 Å². The van der Waals surface area contributed by atoms with E-state index in [1.165, 1.54) is 7.11 Å². The molecular weight excluding hydrogens is 538 g/mol. The second-order valence-electron chi connectivity index (χ2n) is 8.72. The molecule has 0 amide bonds. The molecule has 1 N–H and O–H groups in total. The Morgan fingerprint density at radius 3 is 2.59 bits per heavy atom. The molecule has 1 aliphatic heterocycles. The van der Waals surface area contributed by atoms with Gasteiger partial charge < -0.3 is 28.8 Å². The highest BCUT2D eigenvalue weighted by Gasteiger charge is 2.42. The van der Waals surface area contributed by atoms with Crippen LogP contribution in [0.5, 0.6) is 5.75 Å². The van der Waals surface area contributed by atoms with Gasteiger partial charge in [-0.2, -0.15) is 0 Å². The van der Waals surface area contributed by atoms with E-state index in [0.29, 0.717) is 46.2 Å². The number of halogens is 1. The number of thiocarbonyl (C=S) groups is 1. The molecule has 5 rings (SSSR count). The number of aromatic nitrogens is 1. The van der Waals surface area contributed by atoms with Gasteiger partial charge in [0.05, 0.1) is 36.0 Å². The number of nitrogens with one attached hydrogen (secondary N) is 1. The quantitative estimate of drug-likeness (QED) is 0.150. The molecule has 0 bridgehead atoms. The van der Waals surface area contributed by atoms with Crippen LogP contribution in [0.1, 0.15) is 33.9 Å². The van der Waals surface area contributed by atoms with Gasteiger partial charge in [0.1, 0.15) is 29.9 Å². The Balaban J connectivity index is 1.50. The van der Waals surface area contributed by atoms with Crippen molar-refractivity contribution in [1.29, 1.82) is 0 Å². The summed E-state index contributed by atoms with van der Waals surface area (Å²) in [5, 5.41) is 4.38. The lowest BCUT2D eigenvalue weighted by Gasteiger charge is -2.26. The average Bonchev–Trinajstić information content (AvgIpc) is 3.59. The predicted octanol–water partition coefficient (Wildman–Crippen LogP) is 5.98. The lowest BCUT2D eigenvalue weighted by molar-refractivity contribution is 0.0600. The van der Waals surface area contributed by atoms with Crippen LogP contribution in [0.15, 0.2) is 83.4 Å². The van der Waals surface area contributed by atoms with Gasteiger partial charge in [-0.25, -0.2) is 4.79 Å². The van der Waals surface area contributed by atoms with Crippen LogP contribution >= 0.6 is 23.8 Å². The molecule has 4 aromatic rings. The highest BCUT2D eigenvalue weighted by Crippen LogP contribution is 2.44. The van der Waals surface area contributed by atoms with Gasteiger partial charge in [-0.1, -0.05) is 29.8 Å². The van der Waals surface area contributed by atoms with Crippen molar-refractivity contribution in [3.05, 3.63) is 101 Å². The number of hydrogen-bond acceptors (Lipinski definition) is 7. The maximum absolute atomic E-state index is 11.8. The molecule has 3 heterocycles. The van der Waals surface area contributed by atoms with E-state index in [2.05, 4.69) is 10.3 Å². The van der Waals surface area contributed by atoms with Crippen LogP contribution in [0.3, 0.4) is 0 Å². The SMILES string of the molecule is COCCOc1ccc(N2C(=S)NC(c3ccccn3)C2c2ccc(-c3ccc(C(=O)OC)cc3)o2)cc1Cl. The molecule has 1 fully saturated rings. The molecule has 10 heteroatoms. The molecule has 8 nitrogen and oxygen atoms in total. The van der Waals surface area contributed by atoms with Gasteiger partial charge in [0.25, 0.3) is 0 Å². The second kappa shape index (κ2) is 11.9. The molecule has 0 radical (unpaired) electrons. The summed E-state index contributed by atoms with van der Waals surface area (Å²) < 4.78 is 22.0. The van der Waals surface area contributed by atoms with Crippen molar-refractivity contribution in [1.82, 2.24) is 10.3 Å². The third-order valence-electron chi connectivity index (χ3n) is 6.35. The van der Waals surface area contributed by atoms with E-state index in [4.69, 9.17) is 42.4 Å². The van der Waals surface area contributed by atoms with Crippen molar-refractivity contribution in [2.75, 3.05) is 32.3 Å². The molecule has 0 aliphatic carbocycles. The number of benzene rings is 2. The normalized spacial score (nSPS) is 16.7. The van der Waals surface area contributed by atoms with Crippen LogP contribution in [-0.2, 0) is 9.47 Å². The Bertz CT molecular complexity index is 1460. The number of furan rings is 1. The van der Waals surface area contributed by atoms with Crippen LogP contribution in [0.2, 0.25) is 5.02 Å². The molecule has 1 saturated heterocycles. The van der Waals surface area contributed by atoms with Gasteiger partial charge in [0, 0.05) is 24.6 Å². The van der Waals surface area contributed by atoms with E-state index in [0.717, 1.165) is 16.9 Å². The molecule has 2 atom stereocenters. The summed E-state index contributed by atoms with van der Waals surface area (Å²) in [4.78, 5) is 18.4. The Morgan fingerprint density at radius 2 is 1.90 bits per heavy atom. The fourth-order valence-corrected chi connectivity index (χ4v) is 5.04. The smallest absolute Gasteiger partial charge is 0.337 e. The van der Waals surface area contributed by atoms with Crippen molar-refractivity contribution in [3.8, 4) is 17.1 Å². The van der Waals surface area contributed by atoms with Gasteiger partial charge in [0.15, 0.2) is 5.11 Å². The van der Waals surface area contributed by atoms with Crippen LogP contribution in [0, 0.1) is 0 Å².